The predicted molar refractivity (Wildman–Crippen MR) is 73.6 cm³/mol. The van der Waals surface area contributed by atoms with Crippen LogP contribution in [0.2, 0.25) is 0 Å². The molecule has 4 heterocycles. The van der Waals surface area contributed by atoms with Crippen LogP contribution in [0.3, 0.4) is 0 Å². The van der Waals surface area contributed by atoms with E-state index in [4.69, 9.17) is 14.2 Å². The van der Waals surface area contributed by atoms with Gasteiger partial charge in [0.15, 0.2) is 11.5 Å². The Morgan fingerprint density at radius 3 is 2.96 bits per heavy atom. The Hall–Kier alpha value is -2.54. The quantitative estimate of drug-likeness (QED) is 0.681. The molecule has 7 nitrogen and oxygen atoms in total. The molecule has 0 saturated carbocycles. The molecule has 5 rings (SSSR count). The van der Waals surface area contributed by atoms with Gasteiger partial charge in [0.2, 0.25) is 12.7 Å². The van der Waals surface area contributed by atoms with Gasteiger partial charge in [-0.3, -0.25) is 4.79 Å². The summed E-state index contributed by atoms with van der Waals surface area (Å²) in [4.78, 5) is 25.8. The number of anilines is 1. The average molecular weight is 314 g/mol. The number of rotatable bonds is 2. The molecule has 7 heteroatoms. The molecule has 0 unspecified atom stereocenters. The van der Waals surface area contributed by atoms with Crippen LogP contribution in [-0.2, 0) is 14.3 Å². The van der Waals surface area contributed by atoms with Gasteiger partial charge in [-0.1, -0.05) is 12.2 Å². The fourth-order valence-electron chi connectivity index (χ4n) is 4.04. The molecule has 2 bridgehead atoms. The fraction of sp³-hybridized carbons (Fsp3) is 0.375. The van der Waals surface area contributed by atoms with E-state index >= 15 is 0 Å². The molecule has 118 valence electrons. The fourth-order valence-corrected chi connectivity index (χ4v) is 4.04. The Morgan fingerprint density at radius 1 is 1.30 bits per heavy atom. The minimum atomic E-state index is -1.24. The van der Waals surface area contributed by atoms with E-state index in [0.717, 1.165) is 0 Å². The highest BCUT2D eigenvalue weighted by Crippen LogP contribution is 2.52. The van der Waals surface area contributed by atoms with Gasteiger partial charge in [-0.25, -0.2) is 0 Å². The summed E-state index contributed by atoms with van der Waals surface area (Å²) in [6.45, 7) is 0.437. The van der Waals surface area contributed by atoms with E-state index in [1.54, 1.807) is 29.2 Å². The van der Waals surface area contributed by atoms with Crippen molar-refractivity contribution in [3.8, 4) is 11.5 Å². The largest absolute Gasteiger partial charge is 0.550 e. The van der Waals surface area contributed by atoms with Gasteiger partial charge in [-0.05, 0) is 12.1 Å². The number of hydrogen-bond donors (Lipinski definition) is 0. The van der Waals surface area contributed by atoms with Crippen molar-refractivity contribution in [2.45, 2.75) is 11.7 Å². The first-order chi connectivity index (χ1) is 11.1. The van der Waals surface area contributed by atoms with Crippen LogP contribution in [-0.4, -0.2) is 36.9 Å². The third-order valence-electron chi connectivity index (χ3n) is 5.04. The van der Waals surface area contributed by atoms with Gasteiger partial charge in [0.05, 0.1) is 18.6 Å². The minimum Gasteiger partial charge on any atom is -0.550 e. The van der Waals surface area contributed by atoms with Crippen LogP contribution < -0.4 is 19.5 Å². The summed E-state index contributed by atoms with van der Waals surface area (Å²) in [5.74, 6) is -1.98. The topological polar surface area (TPSA) is 88.1 Å². The summed E-state index contributed by atoms with van der Waals surface area (Å²) < 4.78 is 16.4. The van der Waals surface area contributed by atoms with Gasteiger partial charge in [0, 0.05) is 23.6 Å². The maximum Gasteiger partial charge on any atom is 0.234 e. The average Bonchev–Trinajstić information content (AvgIpc) is 3.26. The molecule has 1 aromatic carbocycles. The zero-order chi connectivity index (χ0) is 15.8. The summed E-state index contributed by atoms with van der Waals surface area (Å²) in [5, 5.41) is 11.4. The van der Waals surface area contributed by atoms with Crippen molar-refractivity contribution >= 4 is 17.6 Å². The molecule has 1 amide bonds. The van der Waals surface area contributed by atoms with Crippen molar-refractivity contribution in [2.75, 3.05) is 18.2 Å². The van der Waals surface area contributed by atoms with E-state index in [0.29, 0.717) is 17.2 Å². The molecule has 4 aliphatic rings. The van der Waals surface area contributed by atoms with Crippen molar-refractivity contribution in [1.82, 2.24) is 0 Å². The van der Waals surface area contributed by atoms with Gasteiger partial charge in [-0.15, -0.1) is 0 Å². The summed E-state index contributed by atoms with van der Waals surface area (Å²) in [6.07, 6.45) is 2.95. The maximum atomic E-state index is 12.8. The summed E-state index contributed by atoms with van der Waals surface area (Å²) >= 11 is 0. The minimum absolute atomic E-state index is 0.152. The van der Waals surface area contributed by atoms with Gasteiger partial charge >= 0.3 is 0 Å². The first-order valence-corrected chi connectivity index (χ1v) is 7.38. The van der Waals surface area contributed by atoms with Crippen LogP contribution in [0.5, 0.6) is 11.5 Å². The van der Waals surface area contributed by atoms with Crippen molar-refractivity contribution in [3.05, 3.63) is 30.4 Å². The number of aliphatic carboxylic acids is 1. The lowest BCUT2D eigenvalue weighted by Crippen LogP contribution is -2.45. The van der Waals surface area contributed by atoms with Crippen molar-refractivity contribution in [2.24, 2.45) is 11.8 Å². The second-order valence-corrected chi connectivity index (χ2v) is 6.18. The number of nitrogens with zero attached hydrogens (tertiary/aromatic N) is 1. The monoisotopic (exact) mass is 314 g/mol. The van der Waals surface area contributed by atoms with Crippen LogP contribution in [0.15, 0.2) is 30.4 Å². The standard InChI is InChI=1S/C16H13NO6/c18-14-13-12(15(19)20)10-3-4-16(13,23-10)6-17(14)8-1-2-9-11(5-8)22-7-21-9/h1-5,10,12-13H,6-7H2,(H,19,20)/p-1/t10-,12+,13+,16+/m0/s1. The van der Waals surface area contributed by atoms with E-state index in [9.17, 15) is 14.7 Å². The van der Waals surface area contributed by atoms with Crippen LogP contribution in [0, 0.1) is 11.8 Å². The SMILES string of the molecule is O=C([O-])[C@@H]1[C@@H]2C=C[C@]3(CN(c4ccc5c(c4)OCO5)C(=O)[C@@H]13)O2. The highest BCUT2D eigenvalue weighted by atomic mass is 16.7. The molecule has 0 radical (unpaired) electrons. The highest BCUT2D eigenvalue weighted by molar-refractivity contribution is 6.02. The number of carboxylic acids is 1. The van der Waals surface area contributed by atoms with Gasteiger partial charge in [0.1, 0.15) is 5.60 Å². The molecule has 0 aromatic heterocycles. The molecule has 0 aliphatic carbocycles. The van der Waals surface area contributed by atoms with Crippen LogP contribution >= 0.6 is 0 Å². The Bertz CT molecular complexity index is 774. The smallest absolute Gasteiger partial charge is 0.234 e. The number of carbonyl (C=O) groups is 2. The molecule has 1 spiro atoms. The molecule has 1 aromatic rings. The zero-order valence-corrected chi connectivity index (χ0v) is 11.9. The van der Waals surface area contributed by atoms with Crippen LogP contribution in [0.4, 0.5) is 5.69 Å². The predicted octanol–water partition coefficient (Wildman–Crippen LogP) is -0.548. The zero-order valence-electron chi connectivity index (χ0n) is 11.9. The molecule has 4 atom stereocenters. The molecule has 0 N–H and O–H groups in total. The molecule has 2 saturated heterocycles. The maximum absolute atomic E-state index is 12.8. The lowest BCUT2D eigenvalue weighted by molar-refractivity contribution is -0.313. The summed E-state index contributed by atoms with van der Waals surface area (Å²) in [7, 11) is 0. The first kappa shape index (κ1) is 13.0. The number of ether oxygens (including phenoxy) is 3. The van der Waals surface area contributed by atoms with Crippen molar-refractivity contribution in [3.63, 3.8) is 0 Å². The Kier molecular flexibility index (Phi) is 2.28. The van der Waals surface area contributed by atoms with E-state index in [1.807, 2.05) is 6.08 Å². The Balaban J connectivity index is 1.54. The second-order valence-electron chi connectivity index (χ2n) is 6.18. The normalized spacial score (nSPS) is 35.9. The van der Waals surface area contributed by atoms with Crippen LogP contribution in [0.1, 0.15) is 0 Å². The third-order valence-corrected chi connectivity index (χ3v) is 5.04. The van der Waals surface area contributed by atoms with Crippen molar-refractivity contribution in [1.29, 1.82) is 0 Å². The summed E-state index contributed by atoms with van der Waals surface area (Å²) in [5.41, 5.74) is -0.233. The second kappa shape index (κ2) is 4.05. The lowest BCUT2D eigenvalue weighted by Gasteiger charge is -2.24. The number of carbonyl (C=O) groups excluding carboxylic acids is 2. The number of fused-ring (bicyclic) bond motifs is 2. The molecule has 4 aliphatic heterocycles. The van der Waals surface area contributed by atoms with Crippen molar-refractivity contribution < 1.29 is 28.9 Å². The third kappa shape index (κ3) is 1.52. The van der Waals surface area contributed by atoms with Gasteiger partial charge in [0.25, 0.3) is 0 Å². The van der Waals surface area contributed by atoms with E-state index in [-0.39, 0.29) is 19.2 Å². The highest BCUT2D eigenvalue weighted by Gasteiger charge is 2.65. The molecular formula is C16H12NO6-. The summed E-state index contributed by atoms with van der Waals surface area (Å²) in [6, 6.07) is 5.22. The number of carboxylic acid groups (broad SMARTS) is 1. The molecule has 2 fully saturated rings. The number of benzene rings is 1. The Labute approximate surface area is 131 Å². The molecular weight excluding hydrogens is 302 g/mol. The van der Waals surface area contributed by atoms with E-state index < -0.39 is 29.5 Å². The Morgan fingerprint density at radius 2 is 2.13 bits per heavy atom. The number of amides is 1. The van der Waals surface area contributed by atoms with Gasteiger partial charge < -0.3 is 29.0 Å². The lowest BCUT2D eigenvalue weighted by atomic mass is 9.77. The number of hydrogen-bond acceptors (Lipinski definition) is 6. The van der Waals surface area contributed by atoms with Gasteiger partial charge in [-0.2, -0.15) is 0 Å². The van der Waals surface area contributed by atoms with Crippen LogP contribution in [0.25, 0.3) is 0 Å². The van der Waals surface area contributed by atoms with E-state index in [2.05, 4.69) is 0 Å². The van der Waals surface area contributed by atoms with E-state index in [1.165, 1.54) is 0 Å². The first-order valence-electron chi connectivity index (χ1n) is 7.38. The molecule has 23 heavy (non-hydrogen) atoms.